The van der Waals surface area contributed by atoms with Crippen molar-refractivity contribution in [2.75, 3.05) is 21.3 Å². The second kappa shape index (κ2) is 12.6. The Labute approximate surface area is 275 Å². The first-order valence-corrected chi connectivity index (χ1v) is 16.0. The molecule has 0 spiro atoms. The maximum Gasteiger partial charge on any atom is 0.509 e. The largest absolute Gasteiger partial charge is 0.509 e. The predicted molar refractivity (Wildman–Crippen MR) is 171 cm³/mol. The first-order chi connectivity index (χ1) is 22.0. The van der Waals surface area contributed by atoms with Gasteiger partial charge < -0.3 is 37.9 Å². The summed E-state index contributed by atoms with van der Waals surface area (Å²) in [6, 6.07) is 2.68. The molecule has 5 rings (SSSR count). The average Bonchev–Trinajstić information content (AvgIpc) is 3.56. The topological polar surface area (TPSA) is 128 Å². The minimum atomic E-state index is -0.817. The van der Waals surface area contributed by atoms with Crippen LogP contribution < -0.4 is 14.2 Å². The summed E-state index contributed by atoms with van der Waals surface area (Å²) in [5.74, 6) is 1.15. The first-order valence-electron chi connectivity index (χ1n) is 16.0. The molecule has 3 aliphatic heterocycles. The molecule has 0 radical (unpaired) electrons. The molecule has 0 aliphatic carbocycles. The number of likely N-dealkylation sites (tertiary alicyclic amines) is 1. The number of rotatable bonds is 6. The quantitative estimate of drug-likeness (QED) is 0.233. The number of hydrogen-bond donors (Lipinski definition) is 0. The van der Waals surface area contributed by atoms with Crippen molar-refractivity contribution in [1.29, 1.82) is 0 Å². The Hall–Kier alpha value is -3.93. The smallest absolute Gasteiger partial charge is 0.496 e. The van der Waals surface area contributed by atoms with Crippen LogP contribution in [0.3, 0.4) is 0 Å². The maximum atomic E-state index is 14.0. The molecule has 0 saturated carbocycles. The van der Waals surface area contributed by atoms with Gasteiger partial charge in [-0.1, -0.05) is 6.07 Å². The molecule has 2 aromatic carbocycles. The van der Waals surface area contributed by atoms with Crippen LogP contribution in [0.15, 0.2) is 12.1 Å². The number of amides is 1. The Balaban J connectivity index is 1.71. The van der Waals surface area contributed by atoms with E-state index in [1.165, 1.54) is 0 Å². The fraction of sp³-hybridized carbons (Fsp3) is 0.629. The molecule has 2 aromatic rings. The summed E-state index contributed by atoms with van der Waals surface area (Å²) in [4.78, 5) is 40.9. The van der Waals surface area contributed by atoms with E-state index in [0.29, 0.717) is 52.0 Å². The van der Waals surface area contributed by atoms with Gasteiger partial charge in [0.15, 0.2) is 6.10 Å². The summed E-state index contributed by atoms with van der Waals surface area (Å²) < 4.78 is 47.3. The number of benzene rings is 2. The Morgan fingerprint density at radius 1 is 0.894 bits per heavy atom. The third kappa shape index (κ3) is 6.48. The van der Waals surface area contributed by atoms with Crippen LogP contribution in [0.5, 0.6) is 17.2 Å². The van der Waals surface area contributed by atoms with Crippen LogP contribution in [-0.2, 0) is 28.5 Å². The molecule has 47 heavy (non-hydrogen) atoms. The summed E-state index contributed by atoms with van der Waals surface area (Å²) in [7, 11) is 4.71. The minimum absolute atomic E-state index is 0.120. The van der Waals surface area contributed by atoms with Crippen molar-refractivity contribution in [2.45, 2.75) is 122 Å². The SMILES string of the molecule is COc1ccc(C2CC[C@@H]([C@@H](C)OC(=O)OC(C)(C)C)N2C(=O)OC(C)(C)C)c2c(OC)c3c(c(OC)c12)[C@H](C)O[C@H]1CC(=O)O[C@@H]31. The van der Waals surface area contributed by atoms with E-state index in [9.17, 15) is 14.4 Å². The van der Waals surface area contributed by atoms with Crippen LogP contribution >= 0.6 is 0 Å². The van der Waals surface area contributed by atoms with Crippen molar-refractivity contribution in [3.05, 3.63) is 28.8 Å². The third-order valence-corrected chi connectivity index (χ3v) is 8.70. The number of ether oxygens (including phenoxy) is 8. The first kappa shape index (κ1) is 34.4. The fourth-order valence-corrected chi connectivity index (χ4v) is 7.06. The highest BCUT2D eigenvalue weighted by Crippen LogP contribution is 2.57. The molecule has 1 amide bonds. The monoisotopic (exact) mass is 657 g/mol. The van der Waals surface area contributed by atoms with Crippen molar-refractivity contribution in [3.63, 3.8) is 0 Å². The number of fused-ring (bicyclic) bond motifs is 4. The molecule has 0 aromatic heterocycles. The molecular weight excluding hydrogens is 610 g/mol. The molecule has 3 aliphatic rings. The van der Waals surface area contributed by atoms with Gasteiger partial charge in [-0.2, -0.15) is 0 Å². The van der Waals surface area contributed by atoms with E-state index in [-0.39, 0.29) is 12.4 Å². The highest BCUT2D eigenvalue weighted by Gasteiger charge is 2.49. The third-order valence-electron chi connectivity index (χ3n) is 8.70. The Morgan fingerprint density at radius 2 is 1.53 bits per heavy atom. The highest BCUT2D eigenvalue weighted by atomic mass is 16.7. The van der Waals surface area contributed by atoms with Gasteiger partial charge in [-0.15, -0.1) is 0 Å². The lowest BCUT2D eigenvalue weighted by Gasteiger charge is -2.37. The highest BCUT2D eigenvalue weighted by molar-refractivity contribution is 6.03. The summed E-state index contributed by atoms with van der Waals surface area (Å²) in [6.45, 7) is 14.3. The van der Waals surface area contributed by atoms with E-state index in [2.05, 4.69) is 0 Å². The lowest BCUT2D eigenvalue weighted by atomic mass is 9.84. The molecule has 12 heteroatoms. The molecule has 3 heterocycles. The standard InChI is InChI=1S/C35H47NO11/c1-17(44-33(39)47-35(6,7)8)20-13-14-21(36(20)32(38)46-34(3,4)5)19-12-15-22(40-9)27-26(19)31(42-11)28-25(30(27)41-10)18(2)43-23-16-24(37)45-29(23)28/h12,15,17-18,20-21,23,29H,13-14,16H2,1-11H3/t17-,18+,20+,21?,23+,29-/m1/s1. The zero-order chi connectivity index (χ0) is 34.6. The van der Waals surface area contributed by atoms with Crippen LogP contribution in [0.25, 0.3) is 10.8 Å². The van der Waals surface area contributed by atoms with E-state index in [1.807, 2.05) is 19.1 Å². The zero-order valence-corrected chi connectivity index (χ0v) is 29.2. The number of nitrogens with zero attached hydrogens (tertiary/aromatic N) is 1. The van der Waals surface area contributed by atoms with Crippen LogP contribution in [0.4, 0.5) is 9.59 Å². The van der Waals surface area contributed by atoms with Gasteiger partial charge in [-0.05, 0) is 79.9 Å². The van der Waals surface area contributed by atoms with Crippen molar-refractivity contribution in [1.82, 2.24) is 4.90 Å². The van der Waals surface area contributed by atoms with E-state index >= 15 is 0 Å². The fourth-order valence-electron chi connectivity index (χ4n) is 7.06. The van der Waals surface area contributed by atoms with Gasteiger partial charge in [-0.25, -0.2) is 9.59 Å². The van der Waals surface area contributed by atoms with Crippen LogP contribution in [0, 0.1) is 0 Å². The van der Waals surface area contributed by atoms with Gasteiger partial charge >= 0.3 is 18.2 Å². The van der Waals surface area contributed by atoms with Crippen molar-refractivity contribution >= 4 is 29.0 Å². The summed E-state index contributed by atoms with van der Waals surface area (Å²) >= 11 is 0. The predicted octanol–water partition coefficient (Wildman–Crippen LogP) is 7.09. The van der Waals surface area contributed by atoms with Crippen molar-refractivity contribution < 1.29 is 52.3 Å². The van der Waals surface area contributed by atoms with E-state index in [4.69, 9.17) is 37.9 Å². The van der Waals surface area contributed by atoms with Gasteiger partial charge in [-0.3, -0.25) is 9.69 Å². The molecular formula is C35H47NO11. The van der Waals surface area contributed by atoms with Crippen LogP contribution in [-0.4, -0.2) is 73.9 Å². The van der Waals surface area contributed by atoms with Crippen molar-refractivity contribution in [3.8, 4) is 17.2 Å². The van der Waals surface area contributed by atoms with Crippen LogP contribution in [0.1, 0.15) is 110 Å². The van der Waals surface area contributed by atoms with E-state index in [0.717, 1.165) is 5.56 Å². The summed E-state index contributed by atoms with van der Waals surface area (Å²) in [6.07, 6.45) is -2.57. The lowest BCUT2D eigenvalue weighted by molar-refractivity contribution is -0.143. The van der Waals surface area contributed by atoms with Gasteiger partial charge in [0.05, 0.1) is 51.3 Å². The molecule has 6 atom stereocenters. The molecule has 1 unspecified atom stereocenters. The number of carbonyl (C=O) groups is 3. The van der Waals surface area contributed by atoms with E-state index < -0.39 is 60.0 Å². The second-order valence-electron chi connectivity index (χ2n) is 14.3. The molecule has 2 saturated heterocycles. The second-order valence-corrected chi connectivity index (χ2v) is 14.3. The lowest BCUT2D eigenvalue weighted by Crippen LogP contribution is -2.46. The molecule has 12 nitrogen and oxygen atoms in total. The average molecular weight is 658 g/mol. The minimum Gasteiger partial charge on any atom is -0.496 e. The van der Waals surface area contributed by atoms with Crippen molar-refractivity contribution in [2.24, 2.45) is 0 Å². The van der Waals surface area contributed by atoms with Crippen LogP contribution in [0.2, 0.25) is 0 Å². The number of hydrogen-bond acceptors (Lipinski definition) is 11. The molecule has 0 bridgehead atoms. The zero-order valence-electron chi connectivity index (χ0n) is 29.2. The number of carbonyl (C=O) groups excluding carboxylic acids is 3. The molecule has 0 N–H and O–H groups in total. The van der Waals surface area contributed by atoms with Gasteiger partial charge in [0.1, 0.15) is 40.7 Å². The normalized spacial score (nSPS) is 24.6. The summed E-state index contributed by atoms with van der Waals surface area (Å²) in [5.41, 5.74) is 0.587. The molecule has 258 valence electrons. The van der Waals surface area contributed by atoms with Gasteiger partial charge in [0.2, 0.25) is 0 Å². The molecule has 2 fully saturated rings. The number of esters is 1. The summed E-state index contributed by atoms with van der Waals surface area (Å²) in [5, 5.41) is 1.28. The Bertz CT molecular complexity index is 1560. The van der Waals surface area contributed by atoms with E-state index in [1.54, 1.807) is 74.7 Å². The Morgan fingerprint density at radius 3 is 2.13 bits per heavy atom. The Kier molecular flexibility index (Phi) is 9.22. The number of methoxy groups -OCH3 is 3. The van der Waals surface area contributed by atoms with Gasteiger partial charge in [0.25, 0.3) is 0 Å². The maximum absolute atomic E-state index is 14.0. The van der Waals surface area contributed by atoms with Gasteiger partial charge in [0, 0.05) is 16.5 Å².